The topological polar surface area (TPSA) is 29.5 Å². The van der Waals surface area contributed by atoms with Gasteiger partial charge in [0.25, 0.3) is 0 Å². The molecule has 0 fully saturated rings. The first-order valence-electron chi connectivity index (χ1n) is 5.44. The molecule has 1 aromatic rings. The predicted octanol–water partition coefficient (Wildman–Crippen LogP) is 2.80. The number of benzene rings is 1. The number of aliphatic hydroxyl groups excluding tert-OH is 1. The van der Waals surface area contributed by atoms with Gasteiger partial charge in [0, 0.05) is 12.0 Å². The van der Waals surface area contributed by atoms with Gasteiger partial charge in [-0.1, -0.05) is 32.9 Å². The van der Waals surface area contributed by atoms with E-state index in [1.807, 2.05) is 6.07 Å². The van der Waals surface area contributed by atoms with Gasteiger partial charge in [-0.2, -0.15) is 0 Å². The molecule has 0 saturated carbocycles. The second-order valence-electron chi connectivity index (χ2n) is 5.16. The Hall–Kier alpha value is -1.02. The third-order valence-corrected chi connectivity index (χ3v) is 2.89. The average Bonchev–Trinajstić information content (AvgIpc) is 2.16. The third kappa shape index (κ3) is 2.00. The molecular weight excluding hydrogens is 188 g/mol. The van der Waals surface area contributed by atoms with Gasteiger partial charge >= 0.3 is 0 Å². The Morgan fingerprint density at radius 3 is 2.73 bits per heavy atom. The van der Waals surface area contributed by atoms with Crippen molar-refractivity contribution in [3.63, 3.8) is 0 Å². The lowest BCUT2D eigenvalue weighted by atomic mass is 9.85. The standard InChI is InChI=1S/C13H18O2/c1-13(2,3)9-4-5-10-11(14)6-7-15-12(10)8-9/h4-5,8,11,14H,6-7H2,1-3H3/t11-/m0/s1. The van der Waals surface area contributed by atoms with Gasteiger partial charge < -0.3 is 9.84 Å². The summed E-state index contributed by atoms with van der Waals surface area (Å²) in [5.41, 5.74) is 2.30. The molecule has 0 bridgehead atoms. The van der Waals surface area contributed by atoms with Crippen molar-refractivity contribution in [1.82, 2.24) is 0 Å². The molecule has 0 radical (unpaired) electrons. The molecule has 2 nitrogen and oxygen atoms in total. The highest BCUT2D eigenvalue weighted by molar-refractivity contribution is 5.42. The second kappa shape index (κ2) is 3.53. The highest BCUT2D eigenvalue weighted by Gasteiger charge is 2.22. The van der Waals surface area contributed by atoms with Crippen molar-refractivity contribution >= 4 is 0 Å². The predicted molar refractivity (Wildman–Crippen MR) is 60.2 cm³/mol. The summed E-state index contributed by atoms with van der Waals surface area (Å²) in [5, 5.41) is 9.78. The summed E-state index contributed by atoms with van der Waals surface area (Å²) in [6.07, 6.45) is 0.338. The van der Waals surface area contributed by atoms with Crippen molar-refractivity contribution in [3.05, 3.63) is 29.3 Å². The Morgan fingerprint density at radius 1 is 1.33 bits per heavy atom. The molecule has 0 spiro atoms. The Labute approximate surface area is 90.9 Å². The maximum Gasteiger partial charge on any atom is 0.125 e. The van der Waals surface area contributed by atoms with Crippen LogP contribution in [-0.2, 0) is 5.41 Å². The van der Waals surface area contributed by atoms with Gasteiger partial charge in [0.2, 0.25) is 0 Å². The van der Waals surface area contributed by atoms with Crippen LogP contribution in [0.2, 0.25) is 0 Å². The highest BCUT2D eigenvalue weighted by atomic mass is 16.5. The summed E-state index contributed by atoms with van der Waals surface area (Å²) in [6.45, 7) is 7.14. The first-order valence-corrected chi connectivity index (χ1v) is 5.44. The zero-order valence-corrected chi connectivity index (χ0v) is 9.58. The average molecular weight is 206 g/mol. The minimum atomic E-state index is -0.359. The zero-order valence-electron chi connectivity index (χ0n) is 9.58. The first-order chi connectivity index (χ1) is 6.98. The van der Waals surface area contributed by atoms with Crippen LogP contribution < -0.4 is 4.74 Å². The van der Waals surface area contributed by atoms with Crippen LogP contribution in [0.5, 0.6) is 5.75 Å². The van der Waals surface area contributed by atoms with Gasteiger partial charge in [0.15, 0.2) is 0 Å². The Morgan fingerprint density at radius 2 is 2.07 bits per heavy atom. The van der Waals surface area contributed by atoms with Crippen LogP contribution in [0.1, 0.15) is 44.4 Å². The molecule has 1 N–H and O–H groups in total. The van der Waals surface area contributed by atoms with Gasteiger partial charge in [-0.05, 0) is 17.0 Å². The summed E-state index contributed by atoms with van der Waals surface area (Å²) in [4.78, 5) is 0. The molecule has 0 aliphatic carbocycles. The van der Waals surface area contributed by atoms with E-state index in [1.54, 1.807) is 0 Å². The maximum atomic E-state index is 9.78. The first kappa shape index (κ1) is 10.5. The van der Waals surface area contributed by atoms with E-state index in [4.69, 9.17) is 4.74 Å². The zero-order chi connectivity index (χ0) is 11.1. The van der Waals surface area contributed by atoms with Gasteiger partial charge in [-0.3, -0.25) is 0 Å². The van der Waals surface area contributed by atoms with Crippen LogP contribution >= 0.6 is 0 Å². The van der Waals surface area contributed by atoms with E-state index >= 15 is 0 Å². The van der Waals surface area contributed by atoms with E-state index in [0.717, 1.165) is 11.3 Å². The summed E-state index contributed by atoms with van der Waals surface area (Å²) in [6, 6.07) is 6.12. The molecular formula is C13H18O2. The maximum absolute atomic E-state index is 9.78. The molecule has 0 amide bonds. The Kier molecular flexibility index (Phi) is 2.47. The molecule has 1 aliphatic heterocycles. The van der Waals surface area contributed by atoms with E-state index in [-0.39, 0.29) is 11.5 Å². The number of ether oxygens (including phenoxy) is 1. The summed E-state index contributed by atoms with van der Waals surface area (Å²) in [5.74, 6) is 0.848. The van der Waals surface area contributed by atoms with Crippen LogP contribution in [0.4, 0.5) is 0 Å². The lowest BCUT2D eigenvalue weighted by molar-refractivity contribution is 0.115. The monoisotopic (exact) mass is 206 g/mol. The summed E-state index contributed by atoms with van der Waals surface area (Å²) in [7, 11) is 0. The molecule has 2 rings (SSSR count). The molecule has 0 unspecified atom stereocenters. The number of fused-ring (bicyclic) bond motifs is 1. The molecule has 0 saturated heterocycles. The van der Waals surface area contributed by atoms with E-state index < -0.39 is 0 Å². The Bertz CT molecular complexity index is 363. The van der Waals surface area contributed by atoms with Crippen molar-refractivity contribution < 1.29 is 9.84 Å². The number of aliphatic hydroxyl groups is 1. The molecule has 82 valence electrons. The molecule has 1 aliphatic rings. The van der Waals surface area contributed by atoms with Crippen molar-refractivity contribution in [1.29, 1.82) is 0 Å². The van der Waals surface area contributed by atoms with Crippen LogP contribution in [0.25, 0.3) is 0 Å². The van der Waals surface area contributed by atoms with Crippen molar-refractivity contribution in [2.45, 2.75) is 38.7 Å². The van der Waals surface area contributed by atoms with Crippen molar-refractivity contribution in [3.8, 4) is 5.75 Å². The van der Waals surface area contributed by atoms with Crippen molar-refractivity contribution in [2.75, 3.05) is 6.61 Å². The fourth-order valence-corrected chi connectivity index (χ4v) is 1.84. The SMILES string of the molecule is CC(C)(C)c1ccc2c(c1)OCC[C@@H]2O. The lowest BCUT2D eigenvalue weighted by Crippen LogP contribution is -2.16. The smallest absolute Gasteiger partial charge is 0.125 e. The molecule has 2 heteroatoms. The fourth-order valence-electron chi connectivity index (χ4n) is 1.84. The highest BCUT2D eigenvalue weighted by Crippen LogP contribution is 2.35. The van der Waals surface area contributed by atoms with Gasteiger partial charge in [-0.25, -0.2) is 0 Å². The van der Waals surface area contributed by atoms with Crippen LogP contribution in [0, 0.1) is 0 Å². The molecule has 1 atom stereocenters. The normalized spacial score (nSPS) is 20.7. The minimum absolute atomic E-state index is 0.126. The quantitative estimate of drug-likeness (QED) is 0.707. The number of rotatable bonds is 0. The van der Waals surface area contributed by atoms with E-state index in [2.05, 4.69) is 32.9 Å². The minimum Gasteiger partial charge on any atom is -0.493 e. The summed E-state index contributed by atoms with van der Waals surface area (Å²) >= 11 is 0. The van der Waals surface area contributed by atoms with Crippen LogP contribution in [0.15, 0.2) is 18.2 Å². The van der Waals surface area contributed by atoms with Crippen molar-refractivity contribution in [2.24, 2.45) is 0 Å². The molecule has 15 heavy (non-hydrogen) atoms. The van der Waals surface area contributed by atoms with Gasteiger partial charge in [0.1, 0.15) is 5.75 Å². The molecule has 0 aromatic heterocycles. The van der Waals surface area contributed by atoms with E-state index in [0.29, 0.717) is 13.0 Å². The summed E-state index contributed by atoms with van der Waals surface area (Å²) < 4.78 is 5.57. The molecule has 1 aromatic carbocycles. The number of hydrogen-bond acceptors (Lipinski definition) is 2. The van der Waals surface area contributed by atoms with E-state index in [9.17, 15) is 5.11 Å². The fraction of sp³-hybridized carbons (Fsp3) is 0.538. The largest absolute Gasteiger partial charge is 0.493 e. The molecule has 1 heterocycles. The van der Waals surface area contributed by atoms with Gasteiger partial charge in [0.05, 0.1) is 12.7 Å². The Balaban J connectivity index is 2.42. The van der Waals surface area contributed by atoms with Gasteiger partial charge in [-0.15, -0.1) is 0 Å². The third-order valence-electron chi connectivity index (χ3n) is 2.89. The lowest BCUT2D eigenvalue weighted by Gasteiger charge is -2.26. The number of hydrogen-bond donors (Lipinski definition) is 1. The van der Waals surface area contributed by atoms with Crippen LogP contribution in [0.3, 0.4) is 0 Å². The van der Waals surface area contributed by atoms with E-state index in [1.165, 1.54) is 5.56 Å². The second-order valence-corrected chi connectivity index (χ2v) is 5.16. The van der Waals surface area contributed by atoms with Crippen LogP contribution in [-0.4, -0.2) is 11.7 Å².